The molecule has 3 fully saturated rings. The molecule has 0 saturated carbocycles. The lowest BCUT2D eigenvalue weighted by molar-refractivity contribution is -0.379. The molecule has 554 valence electrons. The maximum absolute atomic E-state index is 13.4. The van der Waals surface area contributed by atoms with E-state index in [4.69, 9.17) is 28.4 Å². The smallest absolute Gasteiger partial charge is 0.220 e. The summed E-state index contributed by atoms with van der Waals surface area (Å²) in [6.07, 6.45) is 54.2. The van der Waals surface area contributed by atoms with Crippen LogP contribution in [0.5, 0.6) is 0 Å². The van der Waals surface area contributed by atoms with Crippen molar-refractivity contribution in [1.82, 2.24) is 5.32 Å². The molecule has 0 radical (unpaired) electrons. The van der Waals surface area contributed by atoms with Crippen LogP contribution in [0.1, 0.15) is 219 Å². The molecule has 1 amide bonds. The number of unbranched alkanes of at least 4 members (excludes halogenated alkanes) is 19. The number of nitrogens with one attached hydrogen (secondary N) is 1. The summed E-state index contributed by atoms with van der Waals surface area (Å²) in [5, 5.41) is 121. The van der Waals surface area contributed by atoms with E-state index >= 15 is 0 Å². The van der Waals surface area contributed by atoms with E-state index in [0.29, 0.717) is 12.8 Å². The van der Waals surface area contributed by atoms with Gasteiger partial charge in [0.25, 0.3) is 0 Å². The fraction of sp³-hybridized carbons (Fsp3) is 0.705. The van der Waals surface area contributed by atoms with E-state index in [1.54, 1.807) is 6.08 Å². The van der Waals surface area contributed by atoms with Gasteiger partial charge >= 0.3 is 0 Å². The predicted octanol–water partition coefficient (Wildman–Crippen LogP) is 10.9. The molecule has 12 N–H and O–H groups in total. The van der Waals surface area contributed by atoms with Gasteiger partial charge in [-0.25, -0.2) is 0 Å². The highest BCUT2D eigenvalue weighted by molar-refractivity contribution is 5.76. The average molecular weight is 1370 g/mol. The van der Waals surface area contributed by atoms with Crippen LogP contribution < -0.4 is 5.32 Å². The summed E-state index contributed by atoms with van der Waals surface area (Å²) < 4.78 is 34.3. The van der Waals surface area contributed by atoms with Gasteiger partial charge in [-0.3, -0.25) is 4.79 Å². The van der Waals surface area contributed by atoms with Crippen molar-refractivity contribution in [3.8, 4) is 0 Å². The topological polar surface area (TPSA) is 307 Å². The number of rotatable bonds is 55. The summed E-state index contributed by atoms with van der Waals surface area (Å²) in [6, 6.07) is -1.02. The number of amides is 1. The number of carbonyl (C=O) groups excluding carboxylic acids is 1. The first-order valence-electron chi connectivity index (χ1n) is 36.9. The molecule has 0 aromatic rings. The Labute approximate surface area is 581 Å². The van der Waals surface area contributed by atoms with Gasteiger partial charge in [0.05, 0.1) is 38.6 Å². The van der Waals surface area contributed by atoms with E-state index in [9.17, 15) is 61.0 Å². The van der Waals surface area contributed by atoms with Gasteiger partial charge in [0, 0.05) is 6.42 Å². The Kier molecular flexibility index (Phi) is 51.7. The molecule has 19 nitrogen and oxygen atoms in total. The Hall–Kier alpha value is -4.07. The van der Waals surface area contributed by atoms with Crippen LogP contribution in [0.3, 0.4) is 0 Å². The van der Waals surface area contributed by atoms with Crippen LogP contribution in [0.15, 0.2) is 134 Å². The molecule has 0 spiro atoms. The van der Waals surface area contributed by atoms with Crippen molar-refractivity contribution < 1.29 is 89.4 Å². The Morgan fingerprint density at radius 2 is 0.722 bits per heavy atom. The summed E-state index contributed by atoms with van der Waals surface area (Å²) in [6.45, 7) is 1.57. The lowest BCUT2D eigenvalue weighted by Crippen LogP contribution is -2.66. The minimum Gasteiger partial charge on any atom is -0.394 e. The van der Waals surface area contributed by atoms with Crippen molar-refractivity contribution in [3.05, 3.63) is 134 Å². The minimum atomic E-state index is -1.99. The molecule has 97 heavy (non-hydrogen) atoms. The number of ether oxygens (including phenoxy) is 6. The van der Waals surface area contributed by atoms with Crippen LogP contribution >= 0.6 is 0 Å². The molecule has 3 saturated heterocycles. The third kappa shape index (κ3) is 38.5. The van der Waals surface area contributed by atoms with Gasteiger partial charge in [-0.1, -0.05) is 237 Å². The minimum absolute atomic E-state index is 0.205. The highest BCUT2D eigenvalue weighted by atomic mass is 16.8. The number of allylic oxidation sites excluding steroid dienone is 21. The molecule has 0 aliphatic carbocycles. The molecular weight excluding hydrogens is 1240 g/mol. The van der Waals surface area contributed by atoms with Gasteiger partial charge < -0.3 is 89.9 Å². The van der Waals surface area contributed by atoms with Crippen LogP contribution in [-0.4, -0.2) is 193 Å². The first kappa shape index (κ1) is 87.1. The molecule has 3 rings (SSSR count). The van der Waals surface area contributed by atoms with E-state index in [0.717, 1.165) is 116 Å². The van der Waals surface area contributed by atoms with Crippen LogP contribution in [0.4, 0.5) is 0 Å². The molecule has 0 aromatic carbocycles. The standard InChI is InChI=1S/C78H129NO18/c1-3-5-7-9-11-13-15-17-19-21-23-25-26-27-28-29-30-31-32-33-34-36-38-40-42-44-46-48-50-52-54-56-66(84)79-61(62(83)55-53-51-49-47-45-43-41-39-37-35-24-22-20-18-16-14-12-10-8-6-4-2)60-92-76-72(90)69(87)74(64(58-81)94-76)97-78-73(91)70(88)75(65(59-82)95-78)96-77-71(89)68(86)67(85)63(57-80)93-77/h5,7,11,13,17,19,23,25,27-28,30-31,33-34,37-40,45,47,53,55,61-65,67-78,80-83,85-91H,3-4,6,8-10,12,14-16,18,20-22,24,26,29,32,35-36,41-44,46,48-52,54,56-60H2,1-2H3,(H,79,84)/b7-5-,13-11-,19-17-,25-23-,28-27-,31-30-,34-33-,39-37+,40-38-,47-45+,55-53+. The second-order valence-corrected chi connectivity index (χ2v) is 25.6. The van der Waals surface area contributed by atoms with E-state index in [1.807, 2.05) is 6.08 Å². The van der Waals surface area contributed by atoms with Crippen LogP contribution in [0.25, 0.3) is 0 Å². The number of aliphatic hydroxyl groups is 11. The van der Waals surface area contributed by atoms with Gasteiger partial charge in [0.15, 0.2) is 18.9 Å². The molecule has 17 unspecified atom stereocenters. The van der Waals surface area contributed by atoms with Crippen molar-refractivity contribution in [1.29, 1.82) is 0 Å². The summed E-state index contributed by atoms with van der Waals surface area (Å²) in [4.78, 5) is 13.4. The Morgan fingerprint density at radius 1 is 0.381 bits per heavy atom. The van der Waals surface area contributed by atoms with Crippen molar-refractivity contribution in [2.24, 2.45) is 0 Å². The van der Waals surface area contributed by atoms with Gasteiger partial charge in [-0.2, -0.15) is 0 Å². The fourth-order valence-electron chi connectivity index (χ4n) is 11.5. The van der Waals surface area contributed by atoms with Gasteiger partial charge in [-0.15, -0.1) is 0 Å². The molecular formula is C78H129NO18. The molecule has 3 aliphatic heterocycles. The predicted molar refractivity (Wildman–Crippen MR) is 383 cm³/mol. The normalized spacial score (nSPS) is 27.7. The molecule has 0 aromatic heterocycles. The zero-order valence-electron chi connectivity index (χ0n) is 58.7. The van der Waals surface area contributed by atoms with Gasteiger partial charge in [-0.05, 0) is 109 Å². The Bertz CT molecular complexity index is 2280. The first-order chi connectivity index (χ1) is 47.3. The summed E-state index contributed by atoms with van der Waals surface area (Å²) in [7, 11) is 0. The highest BCUT2D eigenvalue weighted by Gasteiger charge is 2.53. The maximum atomic E-state index is 13.4. The third-order valence-electron chi connectivity index (χ3n) is 17.4. The van der Waals surface area contributed by atoms with Crippen LogP contribution in [0, 0.1) is 0 Å². The largest absolute Gasteiger partial charge is 0.394 e. The van der Waals surface area contributed by atoms with E-state index in [2.05, 4.69) is 141 Å². The number of hydrogen-bond donors (Lipinski definition) is 12. The molecule has 17 atom stereocenters. The highest BCUT2D eigenvalue weighted by Crippen LogP contribution is 2.33. The van der Waals surface area contributed by atoms with Crippen molar-refractivity contribution in [3.63, 3.8) is 0 Å². The monoisotopic (exact) mass is 1370 g/mol. The summed E-state index contributed by atoms with van der Waals surface area (Å²) >= 11 is 0. The van der Waals surface area contributed by atoms with Crippen LogP contribution in [-0.2, 0) is 33.2 Å². The molecule has 3 heterocycles. The van der Waals surface area contributed by atoms with E-state index in [1.165, 1.54) is 70.6 Å². The van der Waals surface area contributed by atoms with Gasteiger partial charge in [0.2, 0.25) is 5.91 Å². The first-order valence-corrected chi connectivity index (χ1v) is 36.9. The van der Waals surface area contributed by atoms with Crippen molar-refractivity contribution >= 4 is 5.91 Å². The second-order valence-electron chi connectivity index (χ2n) is 25.6. The quantitative estimate of drug-likeness (QED) is 0.0199. The third-order valence-corrected chi connectivity index (χ3v) is 17.4. The SMILES string of the molecule is CC/C=C\C/C=C\C/C=C\C/C=C\C/C=C\C/C=C\C/C=C\C/C=C\CCCCCCCCC(=O)NC(COC1OC(CO)C(OC2OC(CO)C(OC3OC(CO)C(O)C(O)C3O)C(O)C2O)C(O)C1O)C(O)/C=C/CC/C=C/CC/C=C/CCCCCCCCCCCCC. The van der Waals surface area contributed by atoms with Crippen LogP contribution in [0.2, 0.25) is 0 Å². The number of hydrogen-bond acceptors (Lipinski definition) is 18. The molecule has 0 bridgehead atoms. The Morgan fingerprint density at radius 3 is 1.15 bits per heavy atom. The molecule has 3 aliphatic rings. The zero-order chi connectivity index (χ0) is 70.4. The lowest BCUT2D eigenvalue weighted by atomic mass is 9.96. The van der Waals surface area contributed by atoms with Gasteiger partial charge in [0.1, 0.15) is 73.2 Å². The van der Waals surface area contributed by atoms with E-state index in [-0.39, 0.29) is 18.9 Å². The van der Waals surface area contributed by atoms with Crippen molar-refractivity contribution in [2.45, 2.75) is 324 Å². The maximum Gasteiger partial charge on any atom is 0.220 e. The number of carbonyl (C=O) groups is 1. The lowest BCUT2D eigenvalue weighted by Gasteiger charge is -2.48. The fourth-order valence-corrected chi connectivity index (χ4v) is 11.5. The number of aliphatic hydroxyl groups excluding tert-OH is 11. The average Bonchev–Trinajstić information content (AvgIpc) is 0.798. The second kappa shape index (κ2) is 57.5. The molecule has 19 heteroatoms. The summed E-state index contributed by atoms with van der Waals surface area (Å²) in [5.74, 6) is -0.310. The van der Waals surface area contributed by atoms with E-state index < -0.39 is 124 Å². The zero-order valence-corrected chi connectivity index (χ0v) is 58.7. The summed E-state index contributed by atoms with van der Waals surface area (Å²) in [5.41, 5.74) is 0. The Balaban J connectivity index is 1.44. The van der Waals surface area contributed by atoms with Crippen molar-refractivity contribution in [2.75, 3.05) is 26.4 Å².